The second-order valence-corrected chi connectivity index (χ2v) is 8.63. The predicted molar refractivity (Wildman–Crippen MR) is 114 cm³/mol. The molecular formula is C23H29ClN2O. The Hall–Kier alpha value is -2.00. The highest BCUT2D eigenvalue weighted by Crippen LogP contribution is 2.27. The summed E-state index contributed by atoms with van der Waals surface area (Å²) >= 11 is 6.23. The zero-order chi connectivity index (χ0) is 19.6. The van der Waals surface area contributed by atoms with Gasteiger partial charge in [-0.1, -0.05) is 44.5 Å². The van der Waals surface area contributed by atoms with Crippen LogP contribution >= 0.6 is 11.6 Å². The van der Waals surface area contributed by atoms with Crippen LogP contribution in [-0.2, 0) is 12.0 Å². The zero-order valence-electron chi connectivity index (χ0n) is 17.0. The van der Waals surface area contributed by atoms with E-state index >= 15 is 0 Å². The van der Waals surface area contributed by atoms with Crippen LogP contribution in [0, 0.1) is 13.8 Å². The number of halogens is 1. The van der Waals surface area contributed by atoms with Crippen molar-refractivity contribution >= 4 is 22.6 Å². The van der Waals surface area contributed by atoms with Crippen molar-refractivity contribution in [3.63, 3.8) is 0 Å². The first-order valence-electron chi connectivity index (χ1n) is 9.62. The van der Waals surface area contributed by atoms with Crippen molar-refractivity contribution in [3.8, 4) is 5.75 Å². The maximum atomic E-state index is 6.23. The molecule has 0 saturated heterocycles. The molecule has 0 bridgehead atoms. The fourth-order valence-corrected chi connectivity index (χ4v) is 3.54. The molecule has 1 aromatic heterocycles. The molecule has 4 heteroatoms. The quantitative estimate of drug-likeness (QED) is 0.456. The average molecular weight is 385 g/mol. The van der Waals surface area contributed by atoms with Crippen molar-refractivity contribution in [1.82, 2.24) is 9.55 Å². The van der Waals surface area contributed by atoms with Gasteiger partial charge in [0.2, 0.25) is 0 Å². The van der Waals surface area contributed by atoms with Crippen molar-refractivity contribution < 1.29 is 4.74 Å². The summed E-state index contributed by atoms with van der Waals surface area (Å²) in [7, 11) is 0. The molecule has 0 aliphatic rings. The van der Waals surface area contributed by atoms with Crippen molar-refractivity contribution in [2.45, 2.75) is 59.4 Å². The van der Waals surface area contributed by atoms with Gasteiger partial charge in [0.1, 0.15) is 11.6 Å². The fraction of sp³-hybridized carbons (Fsp3) is 0.435. The molecule has 0 aliphatic carbocycles. The molecule has 0 atom stereocenters. The third kappa shape index (κ3) is 4.47. The Labute approximate surface area is 167 Å². The van der Waals surface area contributed by atoms with Crippen LogP contribution in [0.1, 0.15) is 50.6 Å². The second kappa shape index (κ2) is 7.93. The number of imidazole rings is 1. The first-order chi connectivity index (χ1) is 12.8. The van der Waals surface area contributed by atoms with E-state index in [1.54, 1.807) is 0 Å². The summed E-state index contributed by atoms with van der Waals surface area (Å²) in [5.41, 5.74) is 4.43. The van der Waals surface area contributed by atoms with Gasteiger partial charge in [-0.15, -0.1) is 0 Å². The van der Waals surface area contributed by atoms with Gasteiger partial charge in [0.15, 0.2) is 0 Å². The lowest BCUT2D eigenvalue weighted by Gasteiger charge is -2.20. The van der Waals surface area contributed by atoms with Crippen LogP contribution in [0.3, 0.4) is 0 Å². The van der Waals surface area contributed by atoms with E-state index in [9.17, 15) is 0 Å². The number of fused-ring (bicyclic) bond motifs is 1. The largest absolute Gasteiger partial charge is 0.494 e. The maximum Gasteiger partial charge on any atom is 0.119 e. The molecule has 3 aromatic rings. The lowest BCUT2D eigenvalue weighted by molar-refractivity contribution is 0.302. The monoisotopic (exact) mass is 384 g/mol. The van der Waals surface area contributed by atoms with Crippen molar-refractivity contribution in [3.05, 3.63) is 58.4 Å². The van der Waals surface area contributed by atoms with E-state index < -0.39 is 0 Å². The zero-order valence-corrected chi connectivity index (χ0v) is 17.7. The Bertz CT molecular complexity index is 914. The van der Waals surface area contributed by atoms with Crippen molar-refractivity contribution in [2.24, 2.45) is 0 Å². The lowest BCUT2D eigenvalue weighted by Crippen LogP contribution is -2.19. The van der Waals surface area contributed by atoms with Crippen LogP contribution < -0.4 is 4.74 Å². The first kappa shape index (κ1) is 19.8. The molecule has 0 aliphatic heterocycles. The summed E-state index contributed by atoms with van der Waals surface area (Å²) in [6.07, 6.45) is 2.05. The number of benzene rings is 2. The molecule has 0 N–H and O–H groups in total. The highest BCUT2D eigenvalue weighted by Gasteiger charge is 2.22. The SMILES string of the molecule is Cc1cc(OCCCCn2c(C(C)(C)C)nc3ccccc32)cc(C)c1Cl. The number of para-hydroxylation sites is 2. The smallest absolute Gasteiger partial charge is 0.119 e. The summed E-state index contributed by atoms with van der Waals surface area (Å²) in [5, 5.41) is 0.823. The maximum absolute atomic E-state index is 6.23. The Morgan fingerprint density at radius 1 is 1.04 bits per heavy atom. The molecule has 0 saturated carbocycles. The molecule has 0 fully saturated rings. The van der Waals surface area contributed by atoms with Crippen LogP contribution in [0.4, 0.5) is 0 Å². The van der Waals surface area contributed by atoms with E-state index in [1.165, 1.54) is 5.52 Å². The Kier molecular flexibility index (Phi) is 5.81. The molecule has 0 spiro atoms. The van der Waals surface area contributed by atoms with E-state index in [-0.39, 0.29) is 5.41 Å². The number of hydrogen-bond donors (Lipinski definition) is 0. The normalized spacial score (nSPS) is 11.9. The van der Waals surface area contributed by atoms with E-state index in [4.69, 9.17) is 21.3 Å². The van der Waals surface area contributed by atoms with Crippen LogP contribution in [-0.4, -0.2) is 16.2 Å². The van der Waals surface area contributed by atoms with E-state index in [0.29, 0.717) is 6.61 Å². The predicted octanol–water partition coefficient (Wildman–Crippen LogP) is 6.46. The van der Waals surface area contributed by atoms with E-state index in [2.05, 4.69) is 49.6 Å². The minimum atomic E-state index is 0.0217. The van der Waals surface area contributed by atoms with Crippen LogP contribution in [0.25, 0.3) is 11.0 Å². The van der Waals surface area contributed by atoms with Crippen LogP contribution in [0.2, 0.25) is 5.02 Å². The summed E-state index contributed by atoms with van der Waals surface area (Å²) in [4.78, 5) is 4.88. The number of rotatable bonds is 6. The molecule has 1 heterocycles. The third-order valence-electron chi connectivity index (χ3n) is 4.78. The summed E-state index contributed by atoms with van der Waals surface area (Å²) in [6.45, 7) is 12.4. The fourth-order valence-electron chi connectivity index (χ4n) is 3.43. The molecule has 2 aromatic carbocycles. The van der Waals surface area contributed by atoms with Gasteiger partial charge in [-0.3, -0.25) is 0 Å². The standard InChI is InChI=1S/C23H29ClN2O/c1-16-14-18(15-17(2)21(16)24)27-13-9-8-12-26-20-11-7-6-10-19(20)25-22(26)23(3,4)5/h6-7,10-11,14-15H,8-9,12-13H2,1-5H3. The van der Waals surface area contributed by atoms with Crippen molar-refractivity contribution in [1.29, 1.82) is 0 Å². The molecule has 0 amide bonds. The van der Waals surface area contributed by atoms with E-state index in [1.807, 2.05) is 26.0 Å². The van der Waals surface area contributed by atoms with Crippen LogP contribution in [0.15, 0.2) is 36.4 Å². The van der Waals surface area contributed by atoms with Gasteiger partial charge < -0.3 is 9.30 Å². The molecule has 144 valence electrons. The minimum absolute atomic E-state index is 0.0217. The Morgan fingerprint density at radius 3 is 2.37 bits per heavy atom. The minimum Gasteiger partial charge on any atom is -0.494 e. The number of ether oxygens (including phenoxy) is 1. The molecular weight excluding hydrogens is 356 g/mol. The van der Waals surface area contributed by atoms with Gasteiger partial charge >= 0.3 is 0 Å². The number of nitrogens with zero attached hydrogens (tertiary/aromatic N) is 2. The number of aryl methyl sites for hydroxylation is 3. The number of hydrogen-bond acceptors (Lipinski definition) is 2. The molecule has 3 rings (SSSR count). The molecule has 0 unspecified atom stereocenters. The van der Waals surface area contributed by atoms with Crippen molar-refractivity contribution in [2.75, 3.05) is 6.61 Å². The first-order valence-corrected chi connectivity index (χ1v) is 10.0. The average Bonchev–Trinajstić information content (AvgIpc) is 2.98. The lowest BCUT2D eigenvalue weighted by atomic mass is 9.95. The van der Waals surface area contributed by atoms with Gasteiger partial charge in [-0.05, 0) is 62.1 Å². The summed E-state index contributed by atoms with van der Waals surface area (Å²) in [6, 6.07) is 12.4. The number of aromatic nitrogens is 2. The summed E-state index contributed by atoms with van der Waals surface area (Å²) in [5.74, 6) is 2.05. The van der Waals surface area contributed by atoms with Crippen LogP contribution in [0.5, 0.6) is 5.75 Å². The second-order valence-electron chi connectivity index (χ2n) is 8.25. The molecule has 27 heavy (non-hydrogen) atoms. The van der Waals surface area contributed by atoms with Gasteiger partial charge in [-0.25, -0.2) is 4.98 Å². The topological polar surface area (TPSA) is 27.1 Å². The highest BCUT2D eigenvalue weighted by atomic mass is 35.5. The Morgan fingerprint density at radius 2 is 1.70 bits per heavy atom. The number of unbranched alkanes of at least 4 members (excludes halogenated alkanes) is 1. The summed E-state index contributed by atoms with van der Waals surface area (Å²) < 4.78 is 8.31. The highest BCUT2D eigenvalue weighted by molar-refractivity contribution is 6.32. The third-order valence-corrected chi connectivity index (χ3v) is 5.38. The van der Waals surface area contributed by atoms with Gasteiger partial charge in [-0.2, -0.15) is 0 Å². The molecule has 0 radical (unpaired) electrons. The van der Waals surface area contributed by atoms with Gasteiger partial charge in [0, 0.05) is 17.0 Å². The van der Waals surface area contributed by atoms with Gasteiger partial charge in [0.05, 0.1) is 17.6 Å². The molecule has 3 nitrogen and oxygen atoms in total. The van der Waals surface area contributed by atoms with E-state index in [0.717, 1.165) is 52.6 Å². The Balaban J connectivity index is 1.63. The van der Waals surface area contributed by atoms with Gasteiger partial charge in [0.25, 0.3) is 0 Å².